The second-order valence-electron chi connectivity index (χ2n) is 4.41. The van der Waals surface area contributed by atoms with Gasteiger partial charge in [-0.3, -0.25) is 4.79 Å². The molecule has 1 atom stereocenters. The van der Waals surface area contributed by atoms with Crippen LogP contribution in [0, 0.1) is 0 Å². The highest BCUT2D eigenvalue weighted by molar-refractivity contribution is 9.11. The quantitative estimate of drug-likeness (QED) is 0.862. The smallest absolute Gasteiger partial charge is 0.254 e. The molecule has 0 saturated carbocycles. The summed E-state index contributed by atoms with van der Waals surface area (Å²) in [6, 6.07) is 2.20. The molecule has 1 amide bonds. The summed E-state index contributed by atoms with van der Waals surface area (Å²) in [6.07, 6.45) is 2.26. The first-order valence-corrected chi connectivity index (χ1v) is 7.75. The van der Waals surface area contributed by atoms with Gasteiger partial charge in [-0.2, -0.15) is 0 Å². The molecule has 2 N–H and O–H groups in total. The van der Waals surface area contributed by atoms with Crippen LogP contribution in [0.4, 0.5) is 0 Å². The molecule has 0 bridgehead atoms. The van der Waals surface area contributed by atoms with Crippen molar-refractivity contribution in [2.45, 2.75) is 18.9 Å². The second-order valence-corrected chi connectivity index (χ2v) is 6.70. The molecular weight excluding hydrogens is 316 g/mol. The van der Waals surface area contributed by atoms with E-state index in [1.807, 2.05) is 11.4 Å². The Kier molecular flexibility index (Phi) is 5.17. The van der Waals surface area contributed by atoms with Crippen LogP contribution in [0.1, 0.15) is 23.2 Å². The van der Waals surface area contributed by atoms with E-state index in [-0.39, 0.29) is 12.5 Å². The second kappa shape index (κ2) is 6.65. The van der Waals surface area contributed by atoms with E-state index in [0.29, 0.717) is 24.7 Å². The highest BCUT2D eigenvalue weighted by atomic mass is 79.9. The number of carbonyl (C=O) groups excluding carboxylic acids is 1. The van der Waals surface area contributed by atoms with Crippen LogP contribution in [0.5, 0.6) is 0 Å². The molecule has 1 unspecified atom stereocenters. The van der Waals surface area contributed by atoms with Gasteiger partial charge in [0.2, 0.25) is 0 Å². The lowest BCUT2D eigenvalue weighted by molar-refractivity contribution is 0.0707. The van der Waals surface area contributed by atoms with Crippen molar-refractivity contribution in [1.82, 2.24) is 10.2 Å². The molecule has 0 radical (unpaired) electrons. The van der Waals surface area contributed by atoms with Crippen molar-refractivity contribution in [1.29, 1.82) is 0 Å². The fourth-order valence-corrected chi connectivity index (χ4v) is 3.31. The lowest BCUT2D eigenvalue weighted by atomic mass is 10.2. The van der Waals surface area contributed by atoms with Crippen LogP contribution < -0.4 is 5.32 Å². The minimum absolute atomic E-state index is 0.000278. The minimum atomic E-state index is -0.000278. The van der Waals surface area contributed by atoms with Crippen molar-refractivity contribution >= 4 is 33.2 Å². The van der Waals surface area contributed by atoms with Crippen molar-refractivity contribution in [3.05, 3.63) is 20.8 Å². The van der Waals surface area contributed by atoms with Crippen LogP contribution in [0.25, 0.3) is 0 Å². The van der Waals surface area contributed by atoms with Crippen LogP contribution in [0.3, 0.4) is 0 Å². The zero-order valence-corrected chi connectivity index (χ0v) is 12.5. The van der Waals surface area contributed by atoms with Gasteiger partial charge in [-0.15, -0.1) is 11.3 Å². The van der Waals surface area contributed by atoms with Gasteiger partial charge in [0.05, 0.1) is 16.0 Å². The number of carbonyl (C=O) groups is 1. The van der Waals surface area contributed by atoms with Gasteiger partial charge in [0.25, 0.3) is 5.91 Å². The topological polar surface area (TPSA) is 52.6 Å². The van der Waals surface area contributed by atoms with Crippen LogP contribution in [-0.4, -0.2) is 48.2 Å². The van der Waals surface area contributed by atoms with Crippen molar-refractivity contribution < 1.29 is 9.90 Å². The van der Waals surface area contributed by atoms with Gasteiger partial charge in [0.1, 0.15) is 0 Å². The molecule has 1 aromatic rings. The number of hydrogen-bond acceptors (Lipinski definition) is 4. The SMILES string of the molecule is O=C(c1csc(Br)c1)N(CCO)CC1CCCN1. The summed E-state index contributed by atoms with van der Waals surface area (Å²) in [4.78, 5) is 14.0. The van der Waals surface area contributed by atoms with E-state index in [4.69, 9.17) is 5.11 Å². The number of hydrogen-bond donors (Lipinski definition) is 2. The normalized spacial score (nSPS) is 19.1. The Morgan fingerprint density at radius 2 is 2.50 bits per heavy atom. The molecule has 0 aromatic carbocycles. The zero-order chi connectivity index (χ0) is 13.0. The summed E-state index contributed by atoms with van der Waals surface area (Å²) < 4.78 is 0.953. The highest BCUT2D eigenvalue weighted by Crippen LogP contribution is 2.22. The van der Waals surface area contributed by atoms with Gasteiger partial charge in [-0.05, 0) is 41.4 Å². The molecule has 1 aliphatic heterocycles. The van der Waals surface area contributed by atoms with Gasteiger partial charge in [-0.25, -0.2) is 0 Å². The Morgan fingerprint density at radius 3 is 3.06 bits per heavy atom. The molecule has 0 spiro atoms. The lowest BCUT2D eigenvalue weighted by Crippen LogP contribution is -2.42. The molecule has 2 rings (SSSR count). The van der Waals surface area contributed by atoms with E-state index >= 15 is 0 Å². The van der Waals surface area contributed by atoms with E-state index in [9.17, 15) is 4.79 Å². The standard InChI is InChI=1S/C12H17BrN2O2S/c13-11-6-9(8-18-11)12(17)15(4-5-16)7-10-2-1-3-14-10/h6,8,10,14,16H,1-5,7H2. The summed E-state index contributed by atoms with van der Waals surface area (Å²) in [5, 5.41) is 14.3. The average molecular weight is 333 g/mol. The molecule has 1 fully saturated rings. The summed E-state index contributed by atoms with van der Waals surface area (Å²) in [5.41, 5.74) is 0.693. The fraction of sp³-hybridized carbons (Fsp3) is 0.583. The first kappa shape index (κ1) is 14.0. The molecule has 6 heteroatoms. The van der Waals surface area contributed by atoms with E-state index in [2.05, 4.69) is 21.2 Å². The largest absolute Gasteiger partial charge is 0.395 e. The summed E-state index contributed by atoms with van der Waals surface area (Å²) in [5.74, 6) is -0.000278. The van der Waals surface area contributed by atoms with Crippen LogP contribution in [0.15, 0.2) is 15.2 Å². The number of amides is 1. The van der Waals surface area contributed by atoms with Crippen molar-refractivity contribution in [2.75, 3.05) is 26.2 Å². The molecule has 2 heterocycles. The fourth-order valence-electron chi connectivity index (χ4n) is 2.18. The number of aliphatic hydroxyl groups is 1. The molecule has 4 nitrogen and oxygen atoms in total. The summed E-state index contributed by atoms with van der Waals surface area (Å²) >= 11 is 4.86. The maximum Gasteiger partial charge on any atom is 0.254 e. The van der Waals surface area contributed by atoms with Crippen LogP contribution in [-0.2, 0) is 0 Å². The van der Waals surface area contributed by atoms with Crippen LogP contribution >= 0.6 is 27.3 Å². The van der Waals surface area contributed by atoms with Gasteiger partial charge < -0.3 is 15.3 Å². The van der Waals surface area contributed by atoms with Crippen LogP contribution in [0.2, 0.25) is 0 Å². The third kappa shape index (κ3) is 3.54. The Morgan fingerprint density at radius 1 is 1.67 bits per heavy atom. The number of thiophene rings is 1. The number of rotatable bonds is 5. The lowest BCUT2D eigenvalue weighted by Gasteiger charge is -2.24. The third-order valence-corrected chi connectivity index (χ3v) is 4.58. The molecule has 100 valence electrons. The Bertz CT molecular complexity index is 405. The van der Waals surface area contributed by atoms with E-state index in [0.717, 1.165) is 23.2 Å². The minimum Gasteiger partial charge on any atom is -0.395 e. The number of halogens is 1. The predicted molar refractivity (Wildman–Crippen MR) is 76.0 cm³/mol. The summed E-state index contributed by atoms with van der Waals surface area (Å²) in [7, 11) is 0. The average Bonchev–Trinajstić information content (AvgIpc) is 2.99. The molecule has 1 aromatic heterocycles. The molecule has 1 aliphatic rings. The Hall–Kier alpha value is -0.430. The zero-order valence-electron chi connectivity index (χ0n) is 10.1. The number of nitrogens with one attached hydrogen (secondary N) is 1. The molecule has 1 saturated heterocycles. The first-order valence-electron chi connectivity index (χ1n) is 6.08. The highest BCUT2D eigenvalue weighted by Gasteiger charge is 2.22. The Balaban J connectivity index is 2.01. The maximum absolute atomic E-state index is 12.3. The van der Waals surface area contributed by atoms with E-state index in [1.165, 1.54) is 11.3 Å². The van der Waals surface area contributed by atoms with Gasteiger partial charge in [-0.1, -0.05) is 0 Å². The number of nitrogens with zero attached hydrogens (tertiary/aromatic N) is 1. The number of aliphatic hydroxyl groups excluding tert-OH is 1. The first-order chi connectivity index (χ1) is 8.70. The molecule has 0 aliphatic carbocycles. The predicted octanol–water partition coefficient (Wildman–Crippen LogP) is 1.70. The third-order valence-electron chi connectivity index (χ3n) is 3.07. The van der Waals surface area contributed by atoms with E-state index < -0.39 is 0 Å². The van der Waals surface area contributed by atoms with Gasteiger partial charge >= 0.3 is 0 Å². The van der Waals surface area contributed by atoms with Gasteiger partial charge in [0.15, 0.2) is 0 Å². The van der Waals surface area contributed by atoms with Crippen molar-refractivity contribution in [3.63, 3.8) is 0 Å². The molecule has 18 heavy (non-hydrogen) atoms. The Labute approximate surface area is 119 Å². The van der Waals surface area contributed by atoms with Crippen molar-refractivity contribution in [2.24, 2.45) is 0 Å². The van der Waals surface area contributed by atoms with Gasteiger partial charge in [0, 0.05) is 24.5 Å². The van der Waals surface area contributed by atoms with Crippen molar-refractivity contribution in [3.8, 4) is 0 Å². The molecular formula is C12H17BrN2O2S. The summed E-state index contributed by atoms with van der Waals surface area (Å²) in [6.45, 7) is 2.09. The maximum atomic E-state index is 12.3. The van der Waals surface area contributed by atoms with E-state index in [1.54, 1.807) is 4.90 Å². The monoisotopic (exact) mass is 332 g/mol.